The van der Waals surface area contributed by atoms with Crippen LogP contribution in [-0.4, -0.2) is 50.1 Å². The normalized spacial score (nSPS) is 24.1. The second-order valence-electron chi connectivity index (χ2n) is 5.89. The van der Waals surface area contributed by atoms with Crippen molar-refractivity contribution in [3.05, 3.63) is 0 Å². The van der Waals surface area contributed by atoms with E-state index in [0.29, 0.717) is 0 Å². The average molecular weight is 396 g/mol. The van der Waals surface area contributed by atoms with Gasteiger partial charge < -0.3 is 15.5 Å². The van der Waals surface area contributed by atoms with Crippen LogP contribution < -0.4 is 10.6 Å². The van der Waals surface area contributed by atoms with Gasteiger partial charge in [0.1, 0.15) is 0 Å². The van der Waals surface area contributed by atoms with Crippen molar-refractivity contribution in [1.82, 2.24) is 15.5 Å². The molecule has 1 heterocycles. The maximum Gasteiger partial charge on any atom is 0.191 e. The summed E-state index contributed by atoms with van der Waals surface area (Å²) in [7, 11) is 0. The van der Waals surface area contributed by atoms with Crippen LogP contribution in [0.4, 0.5) is 0 Å². The molecule has 0 aromatic rings. The van der Waals surface area contributed by atoms with E-state index in [1.807, 2.05) is 0 Å². The van der Waals surface area contributed by atoms with E-state index >= 15 is 0 Å². The number of hydrogen-bond donors (Lipinski definition) is 2. The molecule has 1 saturated heterocycles. The molecule has 20 heavy (non-hydrogen) atoms. The fraction of sp³-hybridized carbons (Fsp3) is 0.933. The molecule has 2 unspecified atom stereocenters. The summed E-state index contributed by atoms with van der Waals surface area (Å²) in [6.45, 7) is 15.4. The number of nitrogens with zero attached hydrogens (tertiary/aromatic N) is 2. The Bertz CT molecular complexity index is 261. The molecule has 4 nitrogen and oxygen atoms in total. The molecule has 0 spiro atoms. The maximum atomic E-state index is 4.52. The Morgan fingerprint density at radius 3 is 2.35 bits per heavy atom. The van der Waals surface area contributed by atoms with Gasteiger partial charge in [-0.05, 0) is 31.6 Å². The average Bonchev–Trinajstić information content (AvgIpc) is 2.34. The van der Waals surface area contributed by atoms with Gasteiger partial charge in [-0.3, -0.25) is 4.99 Å². The van der Waals surface area contributed by atoms with Gasteiger partial charge in [-0.15, -0.1) is 24.0 Å². The lowest BCUT2D eigenvalue weighted by molar-refractivity contribution is 0.143. The molecule has 0 aromatic heterocycles. The summed E-state index contributed by atoms with van der Waals surface area (Å²) < 4.78 is 0. The van der Waals surface area contributed by atoms with Crippen molar-refractivity contribution in [2.75, 3.05) is 39.3 Å². The zero-order valence-corrected chi connectivity index (χ0v) is 15.9. The summed E-state index contributed by atoms with van der Waals surface area (Å²) in [6.07, 6.45) is 2.47. The van der Waals surface area contributed by atoms with Gasteiger partial charge in [0.15, 0.2) is 5.96 Å². The van der Waals surface area contributed by atoms with E-state index in [1.54, 1.807) is 0 Å². The van der Waals surface area contributed by atoms with Crippen molar-refractivity contribution in [3.8, 4) is 0 Å². The lowest BCUT2D eigenvalue weighted by Crippen LogP contribution is -2.45. The number of guanidine groups is 1. The van der Waals surface area contributed by atoms with Gasteiger partial charge in [0.2, 0.25) is 0 Å². The third-order valence-corrected chi connectivity index (χ3v) is 3.50. The molecule has 1 aliphatic heterocycles. The Morgan fingerprint density at radius 2 is 1.80 bits per heavy atom. The van der Waals surface area contributed by atoms with Crippen LogP contribution in [0.15, 0.2) is 4.99 Å². The molecular weight excluding hydrogens is 363 g/mol. The molecule has 1 fully saturated rings. The van der Waals surface area contributed by atoms with Crippen molar-refractivity contribution >= 4 is 29.9 Å². The van der Waals surface area contributed by atoms with Crippen LogP contribution in [0.1, 0.15) is 40.5 Å². The first-order valence-corrected chi connectivity index (χ1v) is 7.90. The number of halogens is 1. The molecule has 1 rings (SSSR count). The minimum absolute atomic E-state index is 0. The summed E-state index contributed by atoms with van der Waals surface area (Å²) >= 11 is 0. The lowest BCUT2D eigenvalue weighted by atomic mass is 9.92. The smallest absolute Gasteiger partial charge is 0.191 e. The maximum absolute atomic E-state index is 4.52. The molecule has 2 atom stereocenters. The van der Waals surface area contributed by atoms with Crippen LogP contribution >= 0.6 is 24.0 Å². The molecule has 0 saturated carbocycles. The van der Waals surface area contributed by atoms with Crippen LogP contribution in [0, 0.1) is 11.8 Å². The molecule has 1 aliphatic rings. The number of nitrogens with one attached hydrogen (secondary N) is 2. The van der Waals surface area contributed by atoms with Gasteiger partial charge >= 0.3 is 0 Å². The number of rotatable bonds is 6. The minimum Gasteiger partial charge on any atom is -0.357 e. The van der Waals surface area contributed by atoms with Crippen LogP contribution in [0.2, 0.25) is 0 Å². The summed E-state index contributed by atoms with van der Waals surface area (Å²) in [4.78, 5) is 7.10. The van der Waals surface area contributed by atoms with Crippen molar-refractivity contribution in [3.63, 3.8) is 0 Å². The van der Waals surface area contributed by atoms with Gasteiger partial charge in [0.25, 0.3) is 0 Å². The third-order valence-electron chi connectivity index (χ3n) is 3.50. The van der Waals surface area contributed by atoms with Crippen LogP contribution in [0.3, 0.4) is 0 Å². The van der Waals surface area contributed by atoms with E-state index in [4.69, 9.17) is 0 Å². The molecule has 0 aliphatic carbocycles. The van der Waals surface area contributed by atoms with Crippen LogP contribution in [0.25, 0.3) is 0 Å². The highest BCUT2D eigenvalue weighted by Gasteiger charge is 2.21. The van der Waals surface area contributed by atoms with Gasteiger partial charge in [-0.2, -0.15) is 0 Å². The lowest BCUT2D eigenvalue weighted by Gasteiger charge is -2.35. The second-order valence-corrected chi connectivity index (χ2v) is 5.89. The first kappa shape index (κ1) is 20.0. The predicted molar refractivity (Wildman–Crippen MR) is 99.1 cm³/mol. The highest BCUT2D eigenvalue weighted by atomic mass is 127. The molecule has 0 aromatic carbocycles. The molecule has 2 N–H and O–H groups in total. The molecule has 0 amide bonds. The van der Waals surface area contributed by atoms with E-state index in [-0.39, 0.29) is 24.0 Å². The Morgan fingerprint density at radius 1 is 1.15 bits per heavy atom. The van der Waals surface area contributed by atoms with Crippen molar-refractivity contribution in [1.29, 1.82) is 0 Å². The summed E-state index contributed by atoms with van der Waals surface area (Å²) in [5, 5.41) is 6.72. The highest BCUT2D eigenvalue weighted by molar-refractivity contribution is 14.0. The molecule has 0 radical (unpaired) electrons. The first-order valence-electron chi connectivity index (χ1n) is 7.90. The summed E-state index contributed by atoms with van der Waals surface area (Å²) in [5.74, 6) is 2.64. The van der Waals surface area contributed by atoms with E-state index in [9.17, 15) is 0 Å². The standard InChI is InChI=1S/C15H32N4.HI/c1-5-7-17-15(16-6-2)18-8-9-19-11-13(3)10-14(4)12-19;/h13-14H,5-12H2,1-4H3,(H2,16,17,18);1H. The summed E-state index contributed by atoms with van der Waals surface area (Å²) in [6, 6.07) is 0. The molecular formula is C15H33IN4. The quantitative estimate of drug-likeness (QED) is 0.412. The van der Waals surface area contributed by atoms with Crippen LogP contribution in [0.5, 0.6) is 0 Å². The largest absolute Gasteiger partial charge is 0.357 e. The fourth-order valence-electron chi connectivity index (χ4n) is 2.87. The minimum atomic E-state index is 0. The second kappa shape index (κ2) is 11.6. The predicted octanol–water partition coefficient (Wildman–Crippen LogP) is 2.55. The topological polar surface area (TPSA) is 39.7 Å². The first-order chi connectivity index (χ1) is 9.15. The SMILES string of the molecule is CCCN=C(NCC)NCCN1CC(C)CC(C)C1.I. The van der Waals surface area contributed by atoms with E-state index in [1.165, 1.54) is 19.5 Å². The Hall–Kier alpha value is -0.0400. The Kier molecular flexibility index (Phi) is 11.6. The van der Waals surface area contributed by atoms with Gasteiger partial charge in [0, 0.05) is 39.3 Å². The third kappa shape index (κ3) is 8.29. The fourth-order valence-corrected chi connectivity index (χ4v) is 2.87. The summed E-state index contributed by atoms with van der Waals surface area (Å²) in [5.41, 5.74) is 0. The Labute approximate surface area is 142 Å². The zero-order chi connectivity index (χ0) is 14.1. The monoisotopic (exact) mass is 396 g/mol. The number of likely N-dealkylation sites (tertiary alicyclic amines) is 1. The van der Waals surface area contributed by atoms with Gasteiger partial charge in [-0.25, -0.2) is 0 Å². The molecule has 120 valence electrons. The molecule has 0 bridgehead atoms. The van der Waals surface area contributed by atoms with E-state index in [0.717, 1.165) is 50.4 Å². The highest BCUT2D eigenvalue weighted by Crippen LogP contribution is 2.20. The van der Waals surface area contributed by atoms with Crippen molar-refractivity contribution < 1.29 is 0 Å². The number of hydrogen-bond acceptors (Lipinski definition) is 2. The number of piperidine rings is 1. The van der Waals surface area contributed by atoms with Crippen molar-refractivity contribution in [2.45, 2.75) is 40.5 Å². The van der Waals surface area contributed by atoms with Crippen molar-refractivity contribution in [2.24, 2.45) is 16.8 Å². The van der Waals surface area contributed by atoms with Crippen LogP contribution in [-0.2, 0) is 0 Å². The zero-order valence-electron chi connectivity index (χ0n) is 13.6. The Balaban J connectivity index is 0.00000361. The van der Waals surface area contributed by atoms with Gasteiger partial charge in [-0.1, -0.05) is 20.8 Å². The van der Waals surface area contributed by atoms with Gasteiger partial charge in [0.05, 0.1) is 0 Å². The van der Waals surface area contributed by atoms with E-state index in [2.05, 4.69) is 48.2 Å². The van der Waals surface area contributed by atoms with E-state index < -0.39 is 0 Å². The molecule has 5 heteroatoms. The number of aliphatic imine (C=N–C) groups is 1.